The van der Waals surface area contributed by atoms with E-state index in [1.54, 1.807) is 37.3 Å². The lowest BCUT2D eigenvalue weighted by atomic mass is 9.87. The molecule has 1 fully saturated rings. The van der Waals surface area contributed by atoms with Crippen molar-refractivity contribution in [3.8, 4) is 28.5 Å². The summed E-state index contributed by atoms with van der Waals surface area (Å²) in [5, 5.41) is 20.0. The van der Waals surface area contributed by atoms with Gasteiger partial charge in [-0.25, -0.2) is 22.8 Å². The molecule has 4 N–H and O–H groups in total. The lowest BCUT2D eigenvalue weighted by Crippen LogP contribution is -2.42. The average Bonchev–Trinajstić information content (AvgIpc) is 3.70. The number of hydrogen-bond donors (Lipinski definition) is 3. The van der Waals surface area contributed by atoms with Gasteiger partial charge in [0.2, 0.25) is 11.7 Å². The summed E-state index contributed by atoms with van der Waals surface area (Å²) in [6.07, 6.45) is 1.77. The highest BCUT2D eigenvalue weighted by Gasteiger charge is 2.46. The van der Waals surface area contributed by atoms with Gasteiger partial charge in [0.1, 0.15) is 34.1 Å². The van der Waals surface area contributed by atoms with E-state index < -0.39 is 47.8 Å². The molecule has 11 nitrogen and oxygen atoms in total. The van der Waals surface area contributed by atoms with E-state index in [4.69, 9.17) is 19.9 Å². The number of carbonyl (C=O) groups is 2. The van der Waals surface area contributed by atoms with Crippen molar-refractivity contribution < 1.29 is 42.1 Å². The van der Waals surface area contributed by atoms with Gasteiger partial charge < -0.3 is 30.4 Å². The number of alkyl halides is 1. The van der Waals surface area contributed by atoms with Crippen LogP contribution < -0.4 is 25.3 Å². The molecule has 260 valence electrons. The van der Waals surface area contributed by atoms with Gasteiger partial charge in [-0.2, -0.15) is 5.10 Å². The van der Waals surface area contributed by atoms with Crippen molar-refractivity contribution in [2.24, 2.45) is 5.73 Å². The Bertz CT molecular complexity index is 2100. The van der Waals surface area contributed by atoms with Crippen LogP contribution in [-0.4, -0.2) is 59.1 Å². The van der Waals surface area contributed by atoms with Gasteiger partial charge >= 0.3 is 0 Å². The highest BCUT2D eigenvalue weighted by molar-refractivity contribution is 6.00. The van der Waals surface area contributed by atoms with E-state index >= 15 is 4.39 Å². The Morgan fingerprint density at radius 3 is 2.40 bits per heavy atom. The van der Waals surface area contributed by atoms with E-state index in [0.717, 1.165) is 12.1 Å². The van der Waals surface area contributed by atoms with Crippen LogP contribution >= 0.6 is 0 Å². The third kappa shape index (κ3) is 6.41. The Morgan fingerprint density at radius 1 is 1.04 bits per heavy atom. The van der Waals surface area contributed by atoms with Crippen molar-refractivity contribution in [2.75, 3.05) is 27.4 Å². The summed E-state index contributed by atoms with van der Waals surface area (Å²) in [6, 6.07) is 14.3. The molecule has 0 bridgehead atoms. The van der Waals surface area contributed by atoms with Crippen LogP contribution in [0.5, 0.6) is 17.2 Å². The summed E-state index contributed by atoms with van der Waals surface area (Å²) in [5.74, 6) is -4.91. The number of primary amides is 1. The van der Waals surface area contributed by atoms with Gasteiger partial charge in [0.25, 0.3) is 5.91 Å². The summed E-state index contributed by atoms with van der Waals surface area (Å²) in [6.45, 7) is 1.25. The highest BCUT2D eigenvalue weighted by atomic mass is 19.2. The second-order valence-electron chi connectivity index (χ2n) is 11.9. The molecule has 1 aliphatic rings. The normalized spacial score (nSPS) is 14.5. The third-order valence-electron chi connectivity index (χ3n) is 8.51. The minimum absolute atomic E-state index is 0.0415. The van der Waals surface area contributed by atoms with Crippen molar-refractivity contribution >= 4 is 22.7 Å². The first-order chi connectivity index (χ1) is 23.9. The molecule has 1 aliphatic carbocycles. The third-order valence-corrected chi connectivity index (χ3v) is 8.51. The van der Waals surface area contributed by atoms with Crippen molar-refractivity contribution in [1.82, 2.24) is 20.1 Å². The molecule has 0 radical (unpaired) electrons. The predicted octanol–water partition coefficient (Wildman–Crippen LogP) is 4.90. The molecule has 14 heteroatoms. The zero-order chi connectivity index (χ0) is 35.8. The van der Waals surface area contributed by atoms with E-state index in [1.807, 2.05) is 0 Å². The topological polar surface area (TPSA) is 151 Å². The number of nitrogens with two attached hydrogens (primary N) is 1. The number of carbonyl (C=O) groups excluding carboxylic acids is 2. The number of aromatic nitrogens is 3. The molecule has 0 unspecified atom stereocenters. The molecule has 1 saturated carbocycles. The predicted molar refractivity (Wildman–Crippen MR) is 177 cm³/mol. The van der Waals surface area contributed by atoms with Crippen LogP contribution in [0.25, 0.3) is 22.2 Å². The number of pyridine rings is 1. The van der Waals surface area contributed by atoms with Crippen LogP contribution in [0.2, 0.25) is 0 Å². The SMILES string of the molecule is CCOc1c(CC(N)=O)cc([C@@](O)(CNC(=O)c2cc(OC)c3nn(C4(F)CC4)cc3c2)c2ccccc2)nc1-c1cc(F)c(OC)cc1F. The van der Waals surface area contributed by atoms with E-state index in [0.29, 0.717) is 23.7 Å². The number of hydrogen-bond acceptors (Lipinski definition) is 8. The number of amides is 2. The first kappa shape index (κ1) is 34.2. The molecule has 2 aromatic heterocycles. The van der Waals surface area contributed by atoms with Crippen LogP contribution in [0.3, 0.4) is 0 Å². The summed E-state index contributed by atoms with van der Waals surface area (Å²) in [5.41, 5.74) is 3.74. The fraction of sp³-hybridized carbons (Fsp3) is 0.278. The summed E-state index contributed by atoms with van der Waals surface area (Å²) >= 11 is 0. The molecule has 0 aliphatic heterocycles. The van der Waals surface area contributed by atoms with Gasteiger partial charge in [-0.1, -0.05) is 30.3 Å². The molecule has 0 saturated heterocycles. The molecule has 2 heterocycles. The van der Waals surface area contributed by atoms with Crippen molar-refractivity contribution in [1.29, 1.82) is 0 Å². The number of benzene rings is 3. The standard InChI is InChI=1S/C36H34F3N5O6/c1-4-50-33-20(15-30(40)45)14-29(42-32(33)24-16-26(38)27(48-2)17-25(24)37)36(47,23-8-6-5-7-9-23)19-41-34(46)21-12-22-18-44(35(39)10-11-35)43-31(22)28(13-21)49-3/h5-9,12-14,16-18,47H,4,10-11,15,19H2,1-3H3,(H2,40,45)(H,41,46)/t36-/m1/s1. The van der Waals surface area contributed by atoms with Gasteiger partial charge in [-0.3, -0.25) is 9.59 Å². The minimum Gasteiger partial charge on any atom is -0.494 e. The van der Waals surface area contributed by atoms with Crippen LogP contribution in [0.4, 0.5) is 13.2 Å². The smallest absolute Gasteiger partial charge is 0.251 e. The van der Waals surface area contributed by atoms with Crippen molar-refractivity contribution in [2.45, 2.75) is 37.6 Å². The highest BCUT2D eigenvalue weighted by Crippen LogP contribution is 2.45. The Balaban J connectivity index is 1.45. The fourth-order valence-corrected chi connectivity index (χ4v) is 5.76. The van der Waals surface area contributed by atoms with Gasteiger partial charge in [0.05, 0.1) is 39.5 Å². The number of halogens is 3. The summed E-state index contributed by atoms with van der Waals surface area (Å²) < 4.78 is 62.7. The fourth-order valence-electron chi connectivity index (χ4n) is 5.76. The van der Waals surface area contributed by atoms with Crippen LogP contribution in [-0.2, 0) is 22.6 Å². The second-order valence-corrected chi connectivity index (χ2v) is 11.9. The summed E-state index contributed by atoms with van der Waals surface area (Å²) in [4.78, 5) is 30.5. The first-order valence-electron chi connectivity index (χ1n) is 15.7. The zero-order valence-electron chi connectivity index (χ0n) is 27.4. The van der Waals surface area contributed by atoms with Gasteiger partial charge in [-0.15, -0.1) is 0 Å². The maximum Gasteiger partial charge on any atom is 0.251 e. The zero-order valence-corrected chi connectivity index (χ0v) is 27.4. The lowest BCUT2D eigenvalue weighted by Gasteiger charge is -2.30. The molecule has 3 aromatic carbocycles. The van der Waals surface area contributed by atoms with E-state index in [1.165, 1.54) is 43.3 Å². The molecular formula is C36H34F3N5O6. The molecule has 5 aromatic rings. The Hall–Kier alpha value is -5.63. The van der Waals surface area contributed by atoms with Gasteiger partial charge in [0.15, 0.2) is 11.6 Å². The Kier molecular flexibility index (Phi) is 9.14. The average molecular weight is 690 g/mol. The molecule has 0 spiro atoms. The molecule has 2 amide bonds. The van der Waals surface area contributed by atoms with Crippen LogP contribution in [0.1, 0.15) is 46.9 Å². The Labute approximate surface area is 284 Å². The number of methoxy groups -OCH3 is 2. The van der Waals surface area contributed by atoms with Crippen LogP contribution in [0.15, 0.2) is 66.9 Å². The quantitative estimate of drug-likeness (QED) is 0.158. The van der Waals surface area contributed by atoms with E-state index in [9.17, 15) is 23.5 Å². The molecular weight excluding hydrogens is 655 g/mol. The van der Waals surface area contributed by atoms with Crippen LogP contribution in [0, 0.1) is 11.6 Å². The second kappa shape index (κ2) is 13.3. The largest absolute Gasteiger partial charge is 0.494 e. The molecule has 50 heavy (non-hydrogen) atoms. The van der Waals surface area contributed by atoms with E-state index in [2.05, 4.69) is 15.4 Å². The van der Waals surface area contributed by atoms with Crippen molar-refractivity contribution in [3.05, 3.63) is 101 Å². The van der Waals surface area contributed by atoms with E-state index in [-0.39, 0.29) is 57.5 Å². The minimum atomic E-state index is -2.10. The number of aliphatic hydroxyl groups is 1. The first-order valence-corrected chi connectivity index (χ1v) is 15.7. The summed E-state index contributed by atoms with van der Waals surface area (Å²) in [7, 11) is 2.60. The number of fused-ring (bicyclic) bond motifs is 1. The van der Waals surface area contributed by atoms with Crippen molar-refractivity contribution in [3.63, 3.8) is 0 Å². The number of nitrogens with zero attached hydrogens (tertiary/aromatic N) is 3. The van der Waals surface area contributed by atoms with Gasteiger partial charge in [0, 0.05) is 47.2 Å². The monoisotopic (exact) mass is 689 g/mol. The number of nitrogens with one attached hydrogen (secondary N) is 1. The molecule has 6 rings (SSSR count). The maximum absolute atomic E-state index is 15.6. The maximum atomic E-state index is 15.6. The molecule has 1 atom stereocenters. The Morgan fingerprint density at radius 2 is 1.76 bits per heavy atom. The number of rotatable bonds is 13. The lowest BCUT2D eigenvalue weighted by molar-refractivity contribution is -0.117. The number of ether oxygens (including phenoxy) is 3. The van der Waals surface area contributed by atoms with Gasteiger partial charge in [-0.05, 0) is 36.8 Å².